The molecule has 4 heterocycles. The maximum atomic E-state index is 12.8. The van der Waals surface area contributed by atoms with Gasteiger partial charge in [0.1, 0.15) is 4.83 Å². The molecule has 4 rings (SSSR count). The lowest BCUT2D eigenvalue weighted by molar-refractivity contribution is -0.118. The minimum absolute atomic E-state index is 0.0755. The lowest BCUT2D eigenvalue weighted by Crippen LogP contribution is -2.42. The Morgan fingerprint density at radius 1 is 1.30 bits per heavy atom. The standard InChI is InChI=1S/C20H23BrN6O2S/c1-12-5-3-4-6-26(12)11-18(28)24-14-7-16(13(2)22-8-14)25-19(29)15-9-23-27-10-17(21)30-20(15)27/h7-10,12H,3-6,11H2,1-2H3,(H,24,28)(H,25,29)/t12-/m0/s1. The van der Waals surface area contributed by atoms with Crippen molar-refractivity contribution in [3.05, 3.63) is 39.7 Å². The number of likely N-dealkylation sites (tertiary alicyclic amines) is 1. The molecule has 1 aliphatic heterocycles. The van der Waals surface area contributed by atoms with Crippen LogP contribution in [-0.2, 0) is 4.79 Å². The average molecular weight is 491 g/mol. The van der Waals surface area contributed by atoms with E-state index in [2.05, 4.69) is 48.5 Å². The van der Waals surface area contributed by atoms with Crippen LogP contribution in [-0.4, -0.2) is 50.4 Å². The first-order chi connectivity index (χ1) is 14.4. The summed E-state index contributed by atoms with van der Waals surface area (Å²) >= 11 is 4.85. The Kier molecular flexibility index (Phi) is 6.16. The molecular formula is C20H23BrN6O2S. The van der Waals surface area contributed by atoms with Crippen molar-refractivity contribution in [3.8, 4) is 0 Å². The molecule has 3 aromatic rings. The number of aromatic nitrogens is 3. The van der Waals surface area contributed by atoms with Crippen LogP contribution >= 0.6 is 27.3 Å². The highest BCUT2D eigenvalue weighted by atomic mass is 79.9. The molecule has 0 spiro atoms. The first-order valence-corrected chi connectivity index (χ1v) is 11.5. The third-order valence-corrected chi connectivity index (χ3v) is 6.91. The van der Waals surface area contributed by atoms with Crippen molar-refractivity contribution in [2.24, 2.45) is 0 Å². The number of nitrogens with zero attached hydrogens (tertiary/aromatic N) is 4. The van der Waals surface area contributed by atoms with Gasteiger partial charge in [-0.05, 0) is 55.2 Å². The van der Waals surface area contributed by atoms with Gasteiger partial charge in [0.05, 0.1) is 51.6 Å². The number of anilines is 2. The van der Waals surface area contributed by atoms with E-state index in [0.29, 0.717) is 35.2 Å². The first-order valence-electron chi connectivity index (χ1n) is 9.85. The average Bonchev–Trinajstić information content (AvgIpc) is 3.25. The molecule has 30 heavy (non-hydrogen) atoms. The van der Waals surface area contributed by atoms with E-state index in [1.165, 1.54) is 17.8 Å². The van der Waals surface area contributed by atoms with Crippen molar-refractivity contribution >= 4 is 55.3 Å². The highest BCUT2D eigenvalue weighted by Gasteiger charge is 2.21. The van der Waals surface area contributed by atoms with Gasteiger partial charge >= 0.3 is 0 Å². The monoisotopic (exact) mass is 490 g/mol. The van der Waals surface area contributed by atoms with E-state index in [4.69, 9.17) is 0 Å². The van der Waals surface area contributed by atoms with E-state index < -0.39 is 0 Å². The molecule has 158 valence electrons. The predicted octanol–water partition coefficient (Wildman–Crippen LogP) is 3.93. The van der Waals surface area contributed by atoms with Crippen molar-refractivity contribution in [2.45, 2.75) is 39.2 Å². The maximum absolute atomic E-state index is 12.8. The fourth-order valence-electron chi connectivity index (χ4n) is 3.61. The topological polar surface area (TPSA) is 91.6 Å². The van der Waals surface area contributed by atoms with E-state index in [1.807, 2.05) is 13.1 Å². The maximum Gasteiger partial charge on any atom is 0.260 e. The van der Waals surface area contributed by atoms with Gasteiger partial charge in [0.25, 0.3) is 5.91 Å². The summed E-state index contributed by atoms with van der Waals surface area (Å²) in [6.45, 7) is 5.28. The second kappa shape index (κ2) is 8.83. The number of halogens is 1. The molecule has 1 fully saturated rings. The lowest BCUT2D eigenvalue weighted by Gasteiger charge is -2.32. The number of nitrogens with one attached hydrogen (secondary N) is 2. The number of hydrogen-bond donors (Lipinski definition) is 2. The normalized spacial score (nSPS) is 17.2. The van der Waals surface area contributed by atoms with E-state index in [0.717, 1.165) is 28.0 Å². The van der Waals surface area contributed by atoms with Gasteiger partial charge in [-0.2, -0.15) is 5.10 Å². The van der Waals surface area contributed by atoms with Crippen molar-refractivity contribution in [3.63, 3.8) is 0 Å². The molecule has 0 saturated carbocycles. The number of amides is 2. The molecule has 10 heteroatoms. The number of piperidine rings is 1. The number of hydrogen-bond acceptors (Lipinski definition) is 6. The summed E-state index contributed by atoms with van der Waals surface area (Å²) in [5, 5.41) is 10.00. The summed E-state index contributed by atoms with van der Waals surface area (Å²) in [5.74, 6) is -0.344. The molecule has 0 bridgehead atoms. The number of pyridine rings is 1. The van der Waals surface area contributed by atoms with Gasteiger partial charge in [-0.3, -0.25) is 19.5 Å². The van der Waals surface area contributed by atoms with Crippen molar-refractivity contribution < 1.29 is 9.59 Å². The number of carbonyl (C=O) groups is 2. The van der Waals surface area contributed by atoms with Gasteiger partial charge in [-0.15, -0.1) is 11.3 Å². The van der Waals surface area contributed by atoms with Crippen LogP contribution in [0.3, 0.4) is 0 Å². The van der Waals surface area contributed by atoms with E-state index in [9.17, 15) is 9.59 Å². The second-order valence-corrected chi connectivity index (χ2v) is 9.93. The van der Waals surface area contributed by atoms with Crippen molar-refractivity contribution in [1.29, 1.82) is 0 Å². The van der Waals surface area contributed by atoms with Crippen LogP contribution in [0.1, 0.15) is 42.2 Å². The number of thiazole rings is 1. The Labute approximate surface area is 186 Å². The number of aryl methyl sites for hydroxylation is 1. The predicted molar refractivity (Wildman–Crippen MR) is 121 cm³/mol. The third kappa shape index (κ3) is 4.55. The van der Waals surface area contributed by atoms with Gasteiger partial charge in [0.2, 0.25) is 5.91 Å². The highest BCUT2D eigenvalue weighted by Crippen LogP contribution is 2.27. The third-order valence-electron chi connectivity index (χ3n) is 5.32. The van der Waals surface area contributed by atoms with Crippen LogP contribution in [0.5, 0.6) is 0 Å². The van der Waals surface area contributed by atoms with Crippen LogP contribution in [0, 0.1) is 6.92 Å². The van der Waals surface area contributed by atoms with Gasteiger partial charge < -0.3 is 10.6 Å². The number of fused-ring (bicyclic) bond motifs is 1. The molecule has 1 saturated heterocycles. The summed E-state index contributed by atoms with van der Waals surface area (Å²) < 4.78 is 2.55. The lowest BCUT2D eigenvalue weighted by atomic mass is 10.0. The zero-order valence-electron chi connectivity index (χ0n) is 16.8. The Morgan fingerprint density at radius 2 is 2.13 bits per heavy atom. The molecule has 3 aromatic heterocycles. The second-order valence-electron chi connectivity index (χ2n) is 7.52. The van der Waals surface area contributed by atoms with E-state index >= 15 is 0 Å². The van der Waals surface area contributed by atoms with Gasteiger partial charge in [-0.25, -0.2) is 4.52 Å². The minimum atomic E-state index is -0.269. The van der Waals surface area contributed by atoms with Crippen LogP contribution in [0.4, 0.5) is 11.4 Å². The minimum Gasteiger partial charge on any atom is -0.324 e. The molecule has 2 N–H and O–H groups in total. The van der Waals surface area contributed by atoms with Crippen LogP contribution < -0.4 is 10.6 Å². The summed E-state index contributed by atoms with van der Waals surface area (Å²) in [4.78, 5) is 32.6. The Balaban J connectivity index is 1.45. The molecule has 0 aromatic carbocycles. The van der Waals surface area contributed by atoms with Gasteiger partial charge in [0.15, 0.2) is 0 Å². The molecule has 0 aliphatic carbocycles. The quantitative estimate of drug-likeness (QED) is 0.565. The molecule has 1 aliphatic rings. The SMILES string of the molecule is Cc1ncc(NC(=O)CN2CCCC[C@@H]2C)cc1NC(=O)c1cnn2cc(Br)sc12. The van der Waals surface area contributed by atoms with Crippen molar-refractivity contribution in [2.75, 3.05) is 23.7 Å². The highest BCUT2D eigenvalue weighted by molar-refractivity contribution is 9.11. The number of carbonyl (C=O) groups excluding carboxylic acids is 2. The zero-order valence-corrected chi connectivity index (χ0v) is 19.2. The molecule has 2 amide bonds. The van der Waals surface area contributed by atoms with Crippen LogP contribution in [0.25, 0.3) is 4.83 Å². The fourth-order valence-corrected chi connectivity index (χ4v) is 5.05. The fraction of sp³-hybridized carbons (Fsp3) is 0.400. The van der Waals surface area contributed by atoms with Crippen LogP contribution in [0.2, 0.25) is 0 Å². The Hall–Kier alpha value is -2.30. The zero-order chi connectivity index (χ0) is 21.3. The first kappa shape index (κ1) is 21.0. The van der Waals surface area contributed by atoms with Gasteiger partial charge in [-0.1, -0.05) is 6.42 Å². The summed E-state index contributed by atoms with van der Waals surface area (Å²) in [7, 11) is 0. The van der Waals surface area contributed by atoms with Crippen molar-refractivity contribution in [1.82, 2.24) is 19.5 Å². The molecule has 1 atom stereocenters. The molecule has 8 nitrogen and oxygen atoms in total. The van der Waals surface area contributed by atoms with E-state index in [1.54, 1.807) is 23.0 Å². The largest absolute Gasteiger partial charge is 0.324 e. The Bertz CT molecular complexity index is 1090. The smallest absolute Gasteiger partial charge is 0.260 e. The van der Waals surface area contributed by atoms with Crippen LogP contribution in [0.15, 0.2) is 28.4 Å². The number of rotatable bonds is 5. The molecule has 0 radical (unpaired) electrons. The summed E-state index contributed by atoms with van der Waals surface area (Å²) in [6.07, 6.45) is 8.43. The molecular weight excluding hydrogens is 468 g/mol. The van der Waals surface area contributed by atoms with E-state index in [-0.39, 0.29) is 11.8 Å². The summed E-state index contributed by atoms with van der Waals surface area (Å²) in [6, 6.07) is 2.16. The molecule has 0 unspecified atom stereocenters. The Morgan fingerprint density at radius 3 is 2.93 bits per heavy atom. The van der Waals surface area contributed by atoms with Gasteiger partial charge in [0, 0.05) is 6.04 Å². The summed E-state index contributed by atoms with van der Waals surface area (Å²) in [5.41, 5.74) is 2.27.